The first-order chi connectivity index (χ1) is 6.90. The molecule has 1 saturated heterocycles. The van der Waals surface area contributed by atoms with Crippen molar-refractivity contribution in [2.45, 2.75) is 6.92 Å². The summed E-state index contributed by atoms with van der Waals surface area (Å²) in [6, 6.07) is 6.86. The first kappa shape index (κ1) is 13.1. The second-order valence-electron chi connectivity index (χ2n) is 3.54. The Morgan fingerprint density at radius 2 is 2.07 bits per heavy atom. The number of aromatic nitrogens is 1. The van der Waals surface area contributed by atoms with Gasteiger partial charge < -0.3 is 14.8 Å². The maximum atomic E-state index is 4.33. The molecule has 2 rings (SSSR count). The second-order valence-corrected chi connectivity index (χ2v) is 3.54. The van der Waals surface area contributed by atoms with Crippen LogP contribution in [0.2, 0.25) is 0 Å². The van der Waals surface area contributed by atoms with Gasteiger partial charge in [0.05, 0.1) is 0 Å². The van der Waals surface area contributed by atoms with Crippen molar-refractivity contribution in [3.8, 4) is 0 Å². The number of hydrogen-bond acceptors (Lipinski definition) is 3. The van der Waals surface area contributed by atoms with Gasteiger partial charge in [0.1, 0.15) is 0 Å². The fourth-order valence-electron chi connectivity index (χ4n) is 1.78. The SMILES string of the molecule is CCN1CCN(c2c[c-]ccn2)CC1.[Y]. The molecule has 0 N–H and O–H groups in total. The maximum absolute atomic E-state index is 4.33. The Bertz CT molecular complexity index is 270. The molecule has 4 heteroatoms. The van der Waals surface area contributed by atoms with Gasteiger partial charge in [-0.25, -0.2) is 0 Å². The van der Waals surface area contributed by atoms with Crippen LogP contribution in [-0.2, 0) is 32.7 Å². The van der Waals surface area contributed by atoms with Gasteiger partial charge in [-0.1, -0.05) is 13.1 Å². The van der Waals surface area contributed by atoms with Gasteiger partial charge in [-0.05, 0) is 6.54 Å². The van der Waals surface area contributed by atoms with Crippen molar-refractivity contribution in [3.63, 3.8) is 0 Å². The monoisotopic (exact) mass is 279 g/mol. The average molecular weight is 279 g/mol. The summed E-state index contributed by atoms with van der Waals surface area (Å²) in [5, 5.41) is 0. The van der Waals surface area contributed by atoms with Crippen LogP contribution in [0.3, 0.4) is 0 Å². The van der Waals surface area contributed by atoms with Crippen LogP contribution in [0.15, 0.2) is 18.3 Å². The van der Waals surface area contributed by atoms with Gasteiger partial charge in [0.25, 0.3) is 0 Å². The summed E-state index contributed by atoms with van der Waals surface area (Å²) in [4.78, 5) is 9.11. The number of anilines is 1. The molecule has 1 aliphatic rings. The van der Waals surface area contributed by atoms with E-state index in [1.165, 1.54) is 0 Å². The molecule has 2 heterocycles. The number of hydrogen-bond donors (Lipinski definition) is 0. The summed E-state index contributed by atoms with van der Waals surface area (Å²) in [5.41, 5.74) is 0. The molecule has 0 amide bonds. The third-order valence-corrected chi connectivity index (χ3v) is 2.73. The van der Waals surface area contributed by atoms with E-state index in [0.29, 0.717) is 0 Å². The molecule has 0 atom stereocenters. The fourth-order valence-corrected chi connectivity index (χ4v) is 1.78. The van der Waals surface area contributed by atoms with Crippen molar-refractivity contribution in [1.82, 2.24) is 9.88 Å². The molecule has 3 nitrogen and oxygen atoms in total. The van der Waals surface area contributed by atoms with Gasteiger partial charge in [0.15, 0.2) is 0 Å². The third kappa shape index (κ3) is 3.51. The smallest absolute Gasteiger partial charge is 0.0202 e. The molecule has 1 radical (unpaired) electrons. The second kappa shape index (κ2) is 6.56. The summed E-state index contributed by atoms with van der Waals surface area (Å²) < 4.78 is 0. The first-order valence-corrected chi connectivity index (χ1v) is 5.19. The number of likely N-dealkylation sites (N-methyl/N-ethyl adjacent to an activating group) is 1. The summed E-state index contributed by atoms with van der Waals surface area (Å²) in [5.74, 6) is 1.06. The van der Waals surface area contributed by atoms with E-state index in [4.69, 9.17) is 0 Å². The summed E-state index contributed by atoms with van der Waals surface area (Å²) in [6.07, 6.45) is 1.81. The Kier molecular flexibility index (Phi) is 5.72. The van der Waals surface area contributed by atoms with Gasteiger partial charge in [-0.15, -0.1) is 6.07 Å². The van der Waals surface area contributed by atoms with Crippen molar-refractivity contribution >= 4 is 5.82 Å². The third-order valence-electron chi connectivity index (χ3n) is 2.73. The van der Waals surface area contributed by atoms with Crippen LogP contribution in [0.5, 0.6) is 0 Å². The molecule has 79 valence electrons. The Hall–Kier alpha value is 0.0139. The number of rotatable bonds is 2. The molecule has 1 aliphatic heterocycles. The molecule has 0 aliphatic carbocycles. The molecular weight excluding hydrogens is 263 g/mol. The van der Waals surface area contributed by atoms with E-state index >= 15 is 0 Å². The predicted octanol–water partition coefficient (Wildman–Crippen LogP) is 1.02. The largest absolute Gasteiger partial charge is 0.406 e. The van der Waals surface area contributed by atoms with Crippen LogP contribution in [0.25, 0.3) is 0 Å². The Morgan fingerprint density at radius 1 is 1.33 bits per heavy atom. The Balaban J connectivity index is 0.00000112. The minimum atomic E-state index is 0. The zero-order valence-electron chi connectivity index (χ0n) is 9.19. The topological polar surface area (TPSA) is 19.4 Å². The molecule has 1 aromatic heterocycles. The molecule has 0 spiro atoms. The molecule has 0 aromatic carbocycles. The number of piperazine rings is 1. The van der Waals surface area contributed by atoms with Crippen LogP contribution < -0.4 is 4.90 Å². The molecule has 1 aromatic rings. The predicted molar refractivity (Wildman–Crippen MR) is 57.4 cm³/mol. The molecule has 0 unspecified atom stereocenters. The minimum absolute atomic E-state index is 0. The standard InChI is InChI=1S/C11H16N3.Y/c1-2-13-7-9-14(10-8-13)11-5-3-4-6-12-11;/h4-6H,2,7-10H2,1H3;/q-1;. The van der Waals surface area contributed by atoms with Crippen molar-refractivity contribution < 1.29 is 32.7 Å². The minimum Gasteiger partial charge on any atom is -0.406 e. The number of pyridine rings is 1. The van der Waals surface area contributed by atoms with E-state index in [9.17, 15) is 0 Å². The van der Waals surface area contributed by atoms with Gasteiger partial charge in [-0.2, -0.15) is 12.1 Å². The number of nitrogens with zero attached hydrogens (tertiary/aromatic N) is 3. The van der Waals surface area contributed by atoms with Gasteiger partial charge in [0, 0.05) is 64.7 Å². The van der Waals surface area contributed by atoms with Crippen LogP contribution in [-0.4, -0.2) is 42.6 Å². The van der Waals surface area contributed by atoms with E-state index in [-0.39, 0.29) is 32.7 Å². The van der Waals surface area contributed by atoms with E-state index in [1.807, 2.05) is 18.3 Å². The summed E-state index contributed by atoms with van der Waals surface area (Å²) >= 11 is 0. The van der Waals surface area contributed by atoms with E-state index in [2.05, 4.69) is 27.8 Å². The van der Waals surface area contributed by atoms with E-state index in [0.717, 1.165) is 38.5 Å². The van der Waals surface area contributed by atoms with Gasteiger partial charge in [-0.3, -0.25) is 0 Å². The molecule has 15 heavy (non-hydrogen) atoms. The van der Waals surface area contributed by atoms with Crippen LogP contribution in [0, 0.1) is 6.07 Å². The van der Waals surface area contributed by atoms with Gasteiger partial charge >= 0.3 is 0 Å². The van der Waals surface area contributed by atoms with Crippen molar-refractivity contribution in [2.24, 2.45) is 0 Å². The molecule has 1 fully saturated rings. The fraction of sp³-hybridized carbons (Fsp3) is 0.545. The van der Waals surface area contributed by atoms with E-state index in [1.54, 1.807) is 0 Å². The van der Waals surface area contributed by atoms with Crippen molar-refractivity contribution in [3.05, 3.63) is 24.4 Å². The maximum Gasteiger partial charge on any atom is 0.0202 e. The zero-order valence-corrected chi connectivity index (χ0v) is 12.0. The Labute approximate surface area is 117 Å². The zero-order chi connectivity index (χ0) is 9.80. The average Bonchev–Trinajstić information content (AvgIpc) is 2.30. The van der Waals surface area contributed by atoms with Crippen LogP contribution in [0.1, 0.15) is 6.92 Å². The molecular formula is C11H16N3Y-. The normalized spacial score (nSPS) is 17.3. The first-order valence-electron chi connectivity index (χ1n) is 5.19. The molecule has 0 bridgehead atoms. The van der Waals surface area contributed by atoms with Crippen molar-refractivity contribution in [2.75, 3.05) is 37.6 Å². The Morgan fingerprint density at radius 3 is 2.60 bits per heavy atom. The molecule has 0 saturated carbocycles. The van der Waals surface area contributed by atoms with E-state index < -0.39 is 0 Å². The van der Waals surface area contributed by atoms with Crippen molar-refractivity contribution in [1.29, 1.82) is 0 Å². The van der Waals surface area contributed by atoms with Crippen LogP contribution >= 0.6 is 0 Å². The summed E-state index contributed by atoms with van der Waals surface area (Å²) in [7, 11) is 0. The quantitative estimate of drug-likeness (QED) is 0.754. The van der Waals surface area contributed by atoms with Gasteiger partial charge in [0.2, 0.25) is 0 Å². The summed E-state index contributed by atoms with van der Waals surface area (Å²) in [6.45, 7) is 7.82. The van der Waals surface area contributed by atoms with Crippen LogP contribution in [0.4, 0.5) is 5.82 Å².